The van der Waals surface area contributed by atoms with Gasteiger partial charge in [0.1, 0.15) is 0 Å². The molecule has 0 unspecified atom stereocenters. The van der Waals surface area contributed by atoms with Gasteiger partial charge < -0.3 is 14.7 Å². The Kier molecular flexibility index (Phi) is 5.05. The maximum absolute atomic E-state index is 11.4. The second kappa shape index (κ2) is 6.08. The van der Waals surface area contributed by atoms with Gasteiger partial charge in [-0.15, -0.1) is 0 Å². The maximum atomic E-state index is 11.4. The molecule has 1 N–H and O–H groups in total. The standard InChI is InChI=1S/C11H21NO3/c1-3-4-6-12-7-5-10(13)9(8-12)11(14)15-2/h9-10,13H,3-8H2,1-2H3/t9-,10-/m0/s1. The molecule has 1 aliphatic rings. The molecule has 0 aliphatic carbocycles. The Bertz CT molecular complexity index is 206. The van der Waals surface area contributed by atoms with E-state index in [0.29, 0.717) is 13.0 Å². The van der Waals surface area contributed by atoms with Gasteiger partial charge in [0.25, 0.3) is 0 Å². The summed E-state index contributed by atoms with van der Waals surface area (Å²) < 4.78 is 4.69. The number of esters is 1. The van der Waals surface area contributed by atoms with Crippen molar-refractivity contribution in [1.82, 2.24) is 4.90 Å². The van der Waals surface area contributed by atoms with Crippen LogP contribution in [0.2, 0.25) is 0 Å². The minimum Gasteiger partial charge on any atom is -0.469 e. The van der Waals surface area contributed by atoms with Crippen LogP contribution in [0.3, 0.4) is 0 Å². The zero-order valence-electron chi connectivity index (χ0n) is 9.61. The van der Waals surface area contributed by atoms with Crippen LogP contribution in [0, 0.1) is 5.92 Å². The Labute approximate surface area is 91.2 Å². The third-order valence-corrected chi connectivity index (χ3v) is 2.99. The van der Waals surface area contributed by atoms with Crippen molar-refractivity contribution in [3.63, 3.8) is 0 Å². The highest BCUT2D eigenvalue weighted by molar-refractivity contribution is 5.73. The number of unbranched alkanes of at least 4 members (excludes halogenated alkanes) is 1. The molecule has 0 bridgehead atoms. The van der Waals surface area contributed by atoms with Gasteiger partial charge in [-0.3, -0.25) is 4.79 Å². The summed E-state index contributed by atoms with van der Waals surface area (Å²) in [5.41, 5.74) is 0. The van der Waals surface area contributed by atoms with E-state index in [1.165, 1.54) is 7.11 Å². The molecule has 88 valence electrons. The Morgan fingerprint density at radius 1 is 1.60 bits per heavy atom. The number of aliphatic hydroxyl groups excluding tert-OH is 1. The van der Waals surface area contributed by atoms with E-state index in [-0.39, 0.29) is 11.9 Å². The summed E-state index contributed by atoms with van der Waals surface area (Å²) >= 11 is 0. The summed E-state index contributed by atoms with van der Waals surface area (Å²) in [6.07, 6.45) is 2.44. The fraction of sp³-hybridized carbons (Fsp3) is 0.909. The zero-order chi connectivity index (χ0) is 11.3. The van der Waals surface area contributed by atoms with Crippen LogP contribution in [0.25, 0.3) is 0 Å². The molecule has 1 rings (SSSR count). The number of piperidine rings is 1. The van der Waals surface area contributed by atoms with E-state index in [0.717, 1.165) is 25.9 Å². The van der Waals surface area contributed by atoms with Crippen molar-refractivity contribution < 1.29 is 14.6 Å². The smallest absolute Gasteiger partial charge is 0.312 e. The first kappa shape index (κ1) is 12.5. The average Bonchev–Trinajstić information content (AvgIpc) is 2.27. The highest BCUT2D eigenvalue weighted by Crippen LogP contribution is 2.18. The molecular weight excluding hydrogens is 194 g/mol. The van der Waals surface area contributed by atoms with Crippen LogP contribution < -0.4 is 0 Å². The third kappa shape index (κ3) is 3.47. The summed E-state index contributed by atoms with van der Waals surface area (Å²) in [6.45, 7) is 4.68. The number of hydrogen-bond acceptors (Lipinski definition) is 4. The molecule has 0 saturated carbocycles. The molecule has 2 atom stereocenters. The van der Waals surface area contributed by atoms with Crippen LogP contribution in [0.15, 0.2) is 0 Å². The number of methoxy groups -OCH3 is 1. The average molecular weight is 215 g/mol. The second-order valence-corrected chi connectivity index (χ2v) is 4.14. The third-order valence-electron chi connectivity index (χ3n) is 2.99. The molecule has 4 heteroatoms. The van der Waals surface area contributed by atoms with Gasteiger partial charge in [-0.25, -0.2) is 0 Å². The van der Waals surface area contributed by atoms with E-state index in [4.69, 9.17) is 0 Å². The van der Waals surface area contributed by atoms with Crippen LogP contribution in [-0.4, -0.2) is 48.8 Å². The monoisotopic (exact) mass is 215 g/mol. The first-order chi connectivity index (χ1) is 7.19. The normalized spacial score (nSPS) is 27.7. The Morgan fingerprint density at radius 3 is 2.93 bits per heavy atom. The lowest BCUT2D eigenvalue weighted by molar-refractivity contribution is -0.152. The van der Waals surface area contributed by atoms with Crippen molar-refractivity contribution in [2.75, 3.05) is 26.7 Å². The summed E-state index contributed by atoms with van der Waals surface area (Å²) in [4.78, 5) is 13.6. The molecule has 0 aromatic heterocycles. The van der Waals surface area contributed by atoms with E-state index in [9.17, 15) is 9.90 Å². The molecule has 0 spiro atoms. The van der Waals surface area contributed by atoms with E-state index in [2.05, 4.69) is 16.6 Å². The Hall–Kier alpha value is -0.610. The van der Waals surface area contributed by atoms with Crippen molar-refractivity contribution in [2.45, 2.75) is 32.3 Å². The molecule has 0 amide bonds. The first-order valence-corrected chi connectivity index (χ1v) is 5.67. The van der Waals surface area contributed by atoms with Crippen molar-refractivity contribution in [2.24, 2.45) is 5.92 Å². The molecule has 1 heterocycles. The van der Waals surface area contributed by atoms with Gasteiger partial charge in [-0.1, -0.05) is 13.3 Å². The molecular formula is C11H21NO3. The summed E-state index contributed by atoms with van der Waals surface area (Å²) in [6, 6.07) is 0. The summed E-state index contributed by atoms with van der Waals surface area (Å²) in [5.74, 6) is -0.649. The van der Waals surface area contributed by atoms with Crippen LogP contribution in [0.4, 0.5) is 0 Å². The number of carbonyl (C=O) groups is 1. The SMILES string of the molecule is CCCCN1CC[C@H](O)[C@@H](C(=O)OC)C1. The van der Waals surface area contributed by atoms with Gasteiger partial charge in [0, 0.05) is 13.1 Å². The highest BCUT2D eigenvalue weighted by Gasteiger charge is 2.33. The molecule has 1 aliphatic heterocycles. The van der Waals surface area contributed by atoms with Gasteiger partial charge in [0.15, 0.2) is 0 Å². The summed E-state index contributed by atoms with van der Waals surface area (Å²) in [7, 11) is 1.38. The fourth-order valence-electron chi connectivity index (χ4n) is 1.97. The quantitative estimate of drug-likeness (QED) is 0.699. The lowest BCUT2D eigenvalue weighted by Gasteiger charge is -2.34. The largest absolute Gasteiger partial charge is 0.469 e. The Morgan fingerprint density at radius 2 is 2.33 bits per heavy atom. The van der Waals surface area contributed by atoms with Crippen LogP contribution in [-0.2, 0) is 9.53 Å². The zero-order valence-corrected chi connectivity index (χ0v) is 9.61. The minimum absolute atomic E-state index is 0.288. The molecule has 0 aromatic rings. The first-order valence-electron chi connectivity index (χ1n) is 5.67. The predicted octanol–water partition coefficient (Wildman–Crippen LogP) is 0.642. The van der Waals surface area contributed by atoms with Gasteiger partial charge in [-0.05, 0) is 19.4 Å². The van der Waals surface area contributed by atoms with Gasteiger partial charge in [-0.2, -0.15) is 0 Å². The lowest BCUT2D eigenvalue weighted by Crippen LogP contribution is -2.47. The van der Waals surface area contributed by atoms with Crippen LogP contribution in [0.5, 0.6) is 0 Å². The second-order valence-electron chi connectivity index (χ2n) is 4.14. The van der Waals surface area contributed by atoms with Crippen LogP contribution >= 0.6 is 0 Å². The number of rotatable bonds is 4. The highest BCUT2D eigenvalue weighted by atomic mass is 16.5. The minimum atomic E-state index is -0.532. The molecule has 15 heavy (non-hydrogen) atoms. The van der Waals surface area contributed by atoms with E-state index >= 15 is 0 Å². The van der Waals surface area contributed by atoms with Crippen molar-refractivity contribution in [1.29, 1.82) is 0 Å². The number of likely N-dealkylation sites (tertiary alicyclic amines) is 1. The molecule has 4 nitrogen and oxygen atoms in total. The fourth-order valence-corrected chi connectivity index (χ4v) is 1.97. The number of hydrogen-bond donors (Lipinski definition) is 1. The van der Waals surface area contributed by atoms with Gasteiger partial charge in [0.05, 0.1) is 19.1 Å². The van der Waals surface area contributed by atoms with Crippen molar-refractivity contribution in [3.8, 4) is 0 Å². The lowest BCUT2D eigenvalue weighted by atomic mass is 9.94. The summed E-state index contributed by atoms with van der Waals surface area (Å²) in [5, 5.41) is 9.69. The van der Waals surface area contributed by atoms with E-state index < -0.39 is 6.10 Å². The van der Waals surface area contributed by atoms with Gasteiger partial charge in [0.2, 0.25) is 0 Å². The van der Waals surface area contributed by atoms with Crippen LogP contribution in [0.1, 0.15) is 26.2 Å². The van der Waals surface area contributed by atoms with Gasteiger partial charge >= 0.3 is 5.97 Å². The predicted molar refractivity (Wildman–Crippen MR) is 57.5 cm³/mol. The Balaban J connectivity index is 2.44. The number of carbonyl (C=O) groups excluding carboxylic acids is 1. The molecule has 0 aromatic carbocycles. The van der Waals surface area contributed by atoms with Crippen molar-refractivity contribution in [3.05, 3.63) is 0 Å². The number of aliphatic hydroxyl groups is 1. The van der Waals surface area contributed by atoms with Crippen molar-refractivity contribution >= 4 is 5.97 Å². The topological polar surface area (TPSA) is 49.8 Å². The molecule has 1 fully saturated rings. The maximum Gasteiger partial charge on any atom is 0.312 e. The molecule has 0 radical (unpaired) electrons. The molecule has 1 saturated heterocycles. The number of ether oxygens (including phenoxy) is 1. The van der Waals surface area contributed by atoms with E-state index in [1.807, 2.05) is 0 Å². The van der Waals surface area contributed by atoms with E-state index in [1.54, 1.807) is 0 Å². The number of nitrogens with zero attached hydrogens (tertiary/aromatic N) is 1.